The molecule has 1 N–H and O–H groups in total. The second-order valence-corrected chi connectivity index (χ2v) is 3.71. The molecule has 0 saturated carbocycles. The van der Waals surface area contributed by atoms with Crippen molar-refractivity contribution in [2.45, 2.75) is 39.2 Å². The molecule has 1 atom stereocenters. The van der Waals surface area contributed by atoms with Gasteiger partial charge in [0.2, 0.25) is 0 Å². The summed E-state index contributed by atoms with van der Waals surface area (Å²) in [6, 6.07) is 4.75. The maximum absolute atomic E-state index is 4.21. The van der Waals surface area contributed by atoms with Gasteiger partial charge in [-0.1, -0.05) is 19.8 Å². The normalized spacial score (nSPS) is 12.8. The third kappa shape index (κ3) is 3.11. The Bertz CT molecular complexity index is 271. The topological polar surface area (TPSA) is 24.9 Å². The zero-order valence-corrected chi connectivity index (χ0v) is 9.38. The molecule has 78 valence electrons. The van der Waals surface area contributed by atoms with Crippen LogP contribution in [-0.4, -0.2) is 12.0 Å². The fraction of sp³-hybridized carbons (Fsp3) is 0.583. The third-order valence-electron chi connectivity index (χ3n) is 2.52. The van der Waals surface area contributed by atoms with Gasteiger partial charge in [-0.15, -0.1) is 0 Å². The summed E-state index contributed by atoms with van der Waals surface area (Å²) in [4.78, 5) is 4.21. The Hall–Kier alpha value is -0.890. The van der Waals surface area contributed by atoms with Crippen molar-refractivity contribution in [1.29, 1.82) is 0 Å². The Morgan fingerprint density at radius 2 is 2.29 bits per heavy atom. The van der Waals surface area contributed by atoms with Crippen LogP contribution in [0.2, 0.25) is 0 Å². The van der Waals surface area contributed by atoms with Crippen molar-refractivity contribution in [2.75, 3.05) is 7.05 Å². The predicted molar refractivity (Wildman–Crippen MR) is 60.3 cm³/mol. The smallest absolute Gasteiger partial charge is 0.0375 e. The Kier molecular flexibility index (Phi) is 4.60. The van der Waals surface area contributed by atoms with Crippen molar-refractivity contribution >= 4 is 0 Å². The summed E-state index contributed by atoms with van der Waals surface area (Å²) in [7, 11) is 2.02. The zero-order chi connectivity index (χ0) is 10.4. The monoisotopic (exact) mass is 192 g/mol. The molecule has 0 aliphatic heterocycles. The van der Waals surface area contributed by atoms with Crippen LogP contribution in [-0.2, 0) is 0 Å². The van der Waals surface area contributed by atoms with E-state index in [9.17, 15) is 0 Å². The Morgan fingerprint density at radius 3 is 2.86 bits per heavy atom. The van der Waals surface area contributed by atoms with Gasteiger partial charge in [0.05, 0.1) is 0 Å². The molecule has 0 aromatic carbocycles. The van der Waals surface area contributed by atoms with Crippen LogP contribution in [0.1, 0.15) is 43.5 Å². The van der Waals surface area contributed by atoms with Crippen LogP contribution in [0, 0.1) is 6.92 Å². The molecule has 0 fully saturated rings. The van der Waals surface area contributed by atoms with Crippen LogP contribution in [0.5, 0.6) is 0 Å². The summed E-state index contributed by atoms with van der Waals surface area (Å²) in [6.07, 6.45) is 5.62. The van der Waals surface area contributed by atoms with E-state index in [0.717, 1.165) is 5.69 Å². The molecule has 1 heterocycles. The standard InChI is InChI=1S/C12H20N2/c1-4-5-6-12(13-3)11-7-8-14-10(2)9-11/h7-9,12-13H,4-6H2,1-3H3. The van der Waals surface area contributed by atoms with Crippen LogP contribution in [0.4, 0.5) is 0 Å². The molecule has 0 radical (unpaired) electrons. The first-order valence-electron chi connectivity index (χ1n) is 5.37. The molecule has 1 aromatic rings. The van der Waals surface area contributed by atoms with Crippen molar-refractivity contribution in [3.8, 4) is 0 Å². The molecule has 1 aromatic heterocycles. The summed E-state index contributed by atoms with van der Waals surface area (Å²) in [5, 5.41) is 3.35. The second-order valence-electron chi connectivity index (χ2n) is 3.71. The van der Waals surface area contributed by atoms with Crippen molar-refractivity contribution in [1.82, 2.24) is 10.3 Å². The zero-order valence-electron chi connectivity index (χ0n) is 9.38. The Morgan fingerprint density at radius 1 is 1.50 bits per heavy atom. The van der Waals surface area contributed by atoms with Gasteiger partial charge in [-0.2, -0.15) is 0 Å². The van der Waals surface area contributed by atoms with Gasteiger partial charge in [-0.25, -0.2) is 0 Å². The number of unbranched alkanes of at least 4 members (excludes halogenated alkanes) is 1. The van der Waals surface area contributed by atoms with E-state index in [1.807, 2.05) is 20.2 Å². The minimum atomic E-state index is 0.483. The molecule has 2 nitrogen and oxygen atoms in total. The highest BCUT2D eigenvalue weighted by atomic mass is 14.9. The highest BCUT2D eigenvalue weighted by Crippen LogP contribution is 2.18. The second kappa shape index (κ2) is 5.76. The van der Waals surface area contributed by atoms with Gasteiger partial charge in [0.15, 0.2) is 0 Å². The number of hydrogen-bond acceptors (Lipinski definition) is 2. The number of rotatable bonds is 5. The first-order chi connectivity index (χ1) is 6.77. The van der Waals surface area contributed by atoms with E-state index in [1.54, 1.807) is 0 Å². The van der Waals surface area contributed by atoms with E-state index in [1.165, 1.54) is 24.8 Å². The fourth-order valence-electron chi connectivity index (χ4n) is 1.67. The number of aromatic nitrogens is 1. The Labute approximate surface area is 86.8 Å². The number of nitrogens with one attached hydrogen (secondary N) is 1. The van der Waals surface area contributed by atoms with Crippen LogP contribution in [0.3, 0.4) is 0 Å². The fourth-order valence-corrected chi connectivity index (χ4v) is 1.67. The number of nitrogens with zero attached hydrogens (tertiary/aromatic N) is 1. The largest absolute Gasteiger partial charge is 0.313 e. The molecule has 0 spiro atoms. The molecule has 1 unspecified atom stereocenters. The molecule has 0 amide bonds. The van der Waals surface area contributed by atoms with Crippen LogP contribution in [0.25, 0.3) is 0 Å². The summed E-state index contributed by atoms with van der Waals surface area (Å²) >= 11 is 0. The average Bonchev–Trinajstić information content (AvgIpc) is 2.19. The van der Waals surface area contributed by atoms with Crippen LogP contribution in [0.15, 0.2) is 18.3 Å². The van der Waals surface area contributed by atoms with E-state index in [2.05, 4.69) is 29.4 Å². The van der Waals surface area contributed by atoms with Gasteiger partial charge in [0.1, 0.15) is 0 Å². The first kappa shape index (κ1) is 11.2. The lowest BCUT2D eigenvalue weighted by molar-refractivity contribution is 0.522. The summed E-state index contributed by atoms with van der Waals surface area (Å²) in [6.45, 7) is 4.26. The van der Waals surface area contributed by atoms with E-state index < -0.39 is 0 Å². The van der Waals surface area contributed by atoms with E-state index in [4.69, 9.17) is 0 Å². The maximum Gasteiger partial charge on any atom is 0.0375 e. The molecule has 0 aliphatic carbocycles. The van der Waals surface area contributed by atoms with Gasteiger partial charge in [-0.3, -0.25) is 4.98 Å². The number of pyridine rings is 1. The number of aryl methyl sites for hydroxylation is 1. The highest BCUT2D eigenvalue weighted by Gasteiger charge is 2.07. The summed E-state index contributed by atoms with van der Waals surface area (Å²) in [5.74, 6) is 0. The van der Waals surface area contributed by atoms with E-state index in [0.29, 0.717) is 6.04 Å². The van der Waals surface area contributed by atoms with Crippen molar-refractivity contribution in [3.63, 3.8) is 0 Å². The van der Waals surface area contributed by atoms with Gasteiger partial charge >= 0.3 is 0 Å². The summed E-state index contributed by atoms with van der Waals surface area (Å²) < 4.78 is 0. The van der Waals surface area contributed by atoms with Gasteiger partial charge in [0.25, 0.3) is 0 Å². The molecular formula is C12H20N2. The third-order valence-corrected chi connectivity index (χ3v) is 2.52. The molecule has 1 rings (SSSR count). The van der Waals surface area contributed by atoms with E-state index >= 15 is 0 Å². The maximum atomic E-state index is 4.21. The van der Waals surface area contributed by atoms with Crippen molar-refractivity contribution < 1.29 is 0 Å². The first-order valence-corrected chi connectivity index (χ1v) is 5.37. The van der Waals surface area contributed by atoms with Crippen LogP contribution >= 0.6 is 0 Å². The molecule has 0 saturated heterocycles. The SMILES string of the molecule is CCCCC(NC)c1ccnc(C)c1. The van der Waals surface area contributed by atoms with Crippen LogP contribution < -0.4 is 5.32 Å². The lowest BCUT2D eigenvalue weighted by Crippen LogP contribution is -2.16. The quantitative estimate of drug-likeness (QED) is 0.776. The summed E-state index contributed by atoms with van der Waals surface area (Å²) in [5.41, 5.74) is 2.45. The molecule has 14 heavy (non-hydrogen) atoms. The lowest BCUT2D eigenvalue weighted by atomic mass is 10.0. The Balaban J connectivity index is 2.68. The molecule has 2 heteroatoms. The molecule has 0 bridgehead atoms. The molecule has 0 aliphatic rings. The minimum Gasteiger partial charge on any atom is -0.313 e. The lowest BCUT2D eigenvalue weighted by Gasteiger charge is -2.16. The van der Waals surface area contributed by atoms with Crippen molar-refractivity contribution in [2.24, 2.45) is 0 Å². The van der Waals surface area contributed by atoms with Crippen molar-refractivity contribution in [3.05, 3.63) is 29.6 Å². The van der Waals surface area contributed by atoms with E-state index in [-0.39, 0.29) is 0 Å². The average molecular weight is 192 g/mol. The minimum absolute atomic E-state index is 0.483. The van der Waals surface area contributed by atoms with Gasteiger partial charge in [-0.05, 0) is 38.1 Å². The number of hydrogen-bond donors (Lipinski definition) is 1. The van der Waals surface area contributed by atoms with Gasteiger partial charge in [0, 0.05) is 17.9 Å². The molecular weight excluding hydrogens is 172 g/mol. The highest BCUT2D eigenvalue weighted by molar-refractivity contribution is 5.19. The predicted octanol–water partition coefficient (Wildman–Crippen LogP) is 2.84. The van der Waals surface area contributed by atoms with Gasteiger partial charge < -0.3 is 5.32 Å².